The SMILES string of the molecule is CC1CC(NC(=O)C2CCCCS2(=O)=O)CCN1. The normalized spacial score (nSPS) is 35.9. The van der Waals surface area contributed by atoms with E-state index in [9.17, 15) is 13.2 Å². The number of hydrogen-bond acceptors (Lipinski definition) is 4. The van der Waals surface area contributed by atoms with Gasteiger partial charge >= 0.3 is 0 Å². The average Bonchev–Trinajstić information content (AvgIpc) is 2.28. The average molecular weight is 274 g/mol. The molecule has 6 heteroatoms. The van der Waals surface area contributed by atoms with Gasteiger partial charge in [0, 0.05) is 12.1 Å². The molecule has 0 aromatic carbocycles. The summed E-state index contributed by atoms with van der Waals surface area (Å²) in [4.78, 5) is 12.1. The number of carbonyl (C=O) groups excluding carboxylic acids is 1. The third kappa shape index (κ3) is 3.23. The number of amides is 1. The van der Waals surface area contributed by atoms with Gasteiger partial charge in [-0.25, -0.2) is 8.42 Å². The van der Waals surface area contributed by atoms with Gasteiger partial charge in [0.2, 0.25) is 5.91 Å². The van der Waals surface area contributed by atoms with Gasteiger partial charge in [-0.3, -0.25) is 4.79 Å². The van der Waals surface area contributed by atoms with Crippen molar-refractivity contribution in [1.29, 1.82) is 0 Å². The lowest BCUT2D eigenvalue weighted by molar-refractivity contribution is -0.121. The Morgan fingerprint density at radius 1 is 1.28 bits per heavy atom. The largest absolute Gasteiger partial charge is 0.352 e. The molecule has 2 fully saturated rings. The van der Waals surface area contributed by atoms with Gasteiger partial charge in [-0.1, -0.05) is 6.42 Å². The van der Waals surface area contributed by atoms with Crippen molar-refractivity contribution in [3.05, 3.63) is 0 Å². The number of carbonyl (C=O) groups is 1. The van der Waals surface area contributed by atoms with E-state index in [-0.39, 0.29) is 17.7 Å². The maximum Gasteiger partial charge on any atom is 0.238 e. The summed E-state index contributed by atoms with van der Waals surface area (Å²) in [7, 11) is -3.21. The lowest BCUT2D eigenvalue weighted by Crippen LogP contribution is -2.51. The molecular weight excluding hydrogens is 252 g/mol. The molecule has 2 aliphatic rings. The number of sulfone groups is 1. The molecule has 3 atom stereocenters. The molecule has 2 heterocycles. The van der Waals surface area contributed by atoms with Crippen LogP contribution in [0, 0.1) is 0 Å². The topological polar surface area (TPSA) is 75.3 Å². The summed E-state index contributed by atoms with van der Waals surface area (Å²) in [6.07, 6.45) is 3.76. The van der Waals surface area contributed by atoms with Crippen LogP contribution in [0.3, 0.4) is 0 Å². The standard InChI is InChI=1S/C12H22N2O3S/c1-9-8-10(5-6-13-9)14-12(15)11-4-2-3-7-18(11,16)17/h9-11,13H,2-8H2,1H3,(H,14,15). The Bertz CT molecular complexity index is 408. The van der Waals surface area contributed by atoms with E-state index in [0.29, 0.717) is 18.9 Å². The van der Waals surface area contributed by atoms with Crippen molar-refractivity contribution in [2.75, 3.05) is 12.3 Å². The maximum atomic E-state index is 12.1. The van der Waals surface area contributed by atoms with Crippen LogP contribution in [0.15, 0.2) is 0 Å². The van der Waals surface area contributed by atoms with E-state index in [1.807, 2.05) is 0 Å². The summed E-state index contributed by atoms with van der Waals surface area (Å²) >= 11 is 0. The van der Waals surface area contributed by atoms with Crippen LogP contribution in [0.4, 0.5) is 0 Å². The molecule has 0 radical (unpaired) electrons. The molecule has 2 aliphatic heterocycles. The first kappa shape index (κ1) is 13.8. The van der Waals surface area contributed by atoms with Gasteiger partial charge in [-0.15, -0.1) is 0 Å². The highest BCUT2D eigenvalue weighted by Gasteiger charge is 2.35. The molecule has 2 saturated heterocycles. The van der Waals surface area contributed by atoms with Crippen molar-refractivity contribution >= 4 is 15.7 Å². The van der Waals surface area contributed by atoms with Gasteiger partial charge in [-0.2, -0.15) is 0 Å². The van der Waals surface area contributed by atoms with E-state index in [4.69, 9.17) is 0 Å². The number of hydrogen-bond donors (Lipinski definition) is 2. The van der Waals surface area contributed by atoms with Gasteiger partial charge in [0.25, 0.3) is 0 Å². The second kappa shape index (κ2) is 5.57. The van der Waals surface area contributed by atoms with Crippen LogP contribution >= 0.6 is 0 Å². The van der Waals surface area contributed by atoms with Gasteiger partial charge in [-0.05, 0) is 39.2 Å². The molecule has 0 saturated carbocycles. The third-order valence-corrected chi connectivity index (χ3v) is 6.02. The summed E-state index contributed by atoms with van der Waals surface area (Å²) in [5.74, 6) is -0.123. The molecule has 5 nitrogen and oxygen atoms in total. The van der Waals surface area contributed by atoms with Crippen LogP contribution in [0.2, 0.25) is 0 Å². The molecule has 2 rings (SSSR count). The molecule has 0 bridgehead atoms. The van der Waals surface area contributed by atoms with Crippen LogP contribution < -0.4 is 10.6 Å². The molecule has 104 valence electrons. The Hall–Kier alpha value is -0.620. The minimum atomic E-state index is -3.21. The molecule has 0 aliphatic carbocycles. The lowest BCUT2D eigenvalue weighted by atomic mass is 10.0. The highest BCUT2D eigenvalue weighted by molar-refractivity contribution is 7.92. The number of nitrogens with one attached hydrogen (secondary N) is 2. The Kier molecular flexibility index (Phi) is 4.27. The monoisotopic (exact) mass is 274 g/mol. The maximum absolute atomic E-state index is 12.1. The molecule has 2 N–H and O–H groups in total. The van der Waals surface area contributed by atoms with Gasteiger partial charge < -0.3 is 10.6 Å². The quantitative estimate of drug-likeness (QED) is 0.755. The molecule has 3 unspecified atom stereocenters. The second-order valence-electron chi connectivity index (χ2n) is 5.44. The number of piperidine rings is 1. The van der Waals surface area contributed by atoms with Crippen molar-refractivity contribution in [1.82, 2.24) is 10.6 Å². The predicted octanol–water partition coefficient (Wildman–Crippen LogP) is 0.210. The van der Waals surface area contributed by atoms with E-state index < -0.39 is 15.1 Å². The number of rotatable bonds is 2. The lowest BCUT2D eigenvalue weighted by Gasteiger charge is -2.30. The fraction of sp³-hybridized carbons (Fsp3) is 0.917. The first-order valence-corrected chi connectivity index (χ1v) is 8.46. The molecule has 0 spiro atoms. The molecule has 18 heavy (non-hydrogen) atoms. The predicted molar refractivity (Wildman–Crippen MR) is 70.1 cm³/mol. The van der Waals surface area contributed by atoms with Crippen LogP contribution in [0.1, 0.15) is 39.0 Å². The first-order chi connectivity index (χ1) is 8.49. The fourth-order valence-electron chi connectivity index (χ4n) is 2.81. The Labute approximate surface area is 109 Å². The third-order valence-electron chi connectivity index (χ3n) is 3.84. The van der Waals surface area contributed by atoms with Crippen molar-refractivity contribution in [3.8, 4) is 0 Å². The second-order valence-corrected chi connectivity index (χ2v) is 7.74. The van der Waals surface area contributed by atoms with Gasteiger partial charge in [0.15, 0.2) is 9.84 Å². The smallest absolute Gasteiger partial charge is 0.238 e. The zero-order valence-corrected chi connectivity index (χ0v) is 11.6. The summed E-state index contributed by atoms with van der Waals surface area (Å²) in [6.45, 7) is 2.96. The molecular formula is C12H22N2O3S. The van der Waals surface area contributed by atoms with Crippen LogP contribution in [0.5, 0.6) is 0 Å². The van der Waals surface area contributed by atoms with Gasteiger partial charge in [0.05, 0.1) is 5.75 Å². The van der Waals surface area contributed by atoms with Crippen LogP contribution in [-0.4, -0.2) is 44.0 Å². The Morgan fingerprint density at radius 2 is 2.06 bits per heavy atom. The van der Waals surface area contributed by atoms with E-state index in [2.05, 4.69) is 17.6 Å². The fourth-order valence-corrected chi connectivity index (χ4v) is 4.62. The van der Waals surface area contributed by atoms with Crippen molar-refractivity contribution < 1.29 is 13.2 Å². The zero-order chi connectivity index (χ0) is 13.2. The molecule has 0 aromatic rings. The van der Waals surface area contributed by atoms with Crippen molar-refractivity contribution in [2.45, 2.75) is 56.4 Å². The van der Waals surface area contributed by atoms with E-state index >= 15 is 0 Å². The highest BCUT2D eigenvalue weighted by atomic mass is 32.2. The van der Waals surface area contributed by atoms with Crippen molar-refractivity contribution in [2.24, 2.45) is 0 Å². The van der Waals surface area contributed by atoms with E-state index in [1.165, 1.54) is 0 Å². The van der Waals surface area contributed by atoms with Crippen LogP contribution in [-0.2, 0) is 14.6 Å². The highest BCUT2D eigenvalue weighted by Crippen LogP contribution is 2.20. The Balaban J connectivity index is 1.94. The van der Waals surface area contributed by atoms with Gasteiger partial charge in [0.1, 0.15) is 5.25 Å². The molecule has 1 amide bonds. The van der Waals surface area contributed by atoms with E-state index in [1.54, 1.807) is 0 Å². The summed E-state index contributed by atoms with van der Waals surface area (Å²) in [6, 6.07) is 0.498. The minimum Gasteiger partial charge on any atom is -0.352 e. The minimum absolute atomic E-state index is 0.117. The Morgan fingerprint density at radius 3 is 2.72 bits per heavy atom. The van der Waals surface area contributed by atoms with Crippen LogP contribution in [0.25, 0.3) is 0 Å². The van der Waals surface area contributed by atoms with E-state index in [0.717, 1.165) is 25.8 Å². The summed E-state index contributed by atoms with van der Waals surface area (Å²) in [5.41, 5.74) is 0. The first-order valence-electron chi connectivity index (χ1n) is 6.74. The zero-order valence-electron chi connectivity index (χ0n) is 10.8. The summed E-state index contributed by atoms with van der Waals surface area (Å²) in [5, 5.41) is 5.42. The summed E-state index contributed by atoms with van der Waals surface area (Å²) < 4.78 is 23.7. The van der Waals surface area contributed by atoms with Crippen molar-refractivity contribution in [3.63, 3.8) is 0 Å². The molecule has 0 aromatic heterocycles.